The molecule has 0 saturated heterocycles. The van der Waals surface area contributed by atoms with Crippen molar-refractivity contribution < 1.29 is 14.7 Å². The smallest absolute Gasteiger partial charge is 0.324 e. The van der Waals surface area contributed by atoms with Crippen LogP contribution in [0.5, 0.6) is 0 Å². The van der Waals surface area contributed by atoms with Gasteiger partial charge in [-0.15, -0.1) is 5.11 Å². The second-order valence-electron chi connectivity index (χ2n) is 4.14. The van der Waals surface area contributed by atoms with Crippen molar-refractivity contribution in [3.05, 3.63) is 65.7 Å². The van der Waals surface area contributed by atoms with Crippen molar-refractivity contribution in [2.24, 2.45) is 10.3 Å². The molecule has 0 atom stereocenters. The van der Waals surface area contributed by atoms with E-state index in [0.717, 1.165) is 0 Å². The summed E-state index contributed by atoms with van der Waals surface area (Å²) in [5, 5.41) is 15.9. The van der Waals surface area contributed by atoms with Gasteiger partial charge in [0, 0.05) is 5.56 Å². The van der Waals surface area contributed by atoms with Crippen LogP contribution in [0.15, 0.2) is 64.9 Å². The zero-order valence-electron chi connectivity index (χ0n) is 11.1. The molecular formula is C15H13N3O3. The molecule has 0 aliphatic carbocycles. The lowest BCUT2D eigenvalue weighted by Gasteiger charge is -2.04. The number of hydrogen-bond acceptors (Lipinski definition) is 4. The highest BCUT2D eigenvalue weighted by molar-refractivity contribution is 6.11. The maximum atomic E-state index is 12.4. The number of aliphatic carboxylic acids is 1. The third-order valence-electron chi connectivity index (χ3n) is 2.64. The molecular weight excluding hydrogens is 270 g/mol. The monoisotopic (exact) mass is 283 g/mol. The number of carboxylic acids is 1. The molecule has 0 aliphatic heterocycles. The molecule has 6 nitrogen and oxygen atoms in total. The Labute approximate surface area is 121 Å². The SMILES string of the molecule is O=C(O)CNN=Nc1ccccc1C(=O)c1ccccc1. The van der Waals surface area contributed by atoms with Gasteiger partial charge < -0.3 is 5.11 Å². The molecule has 0 heterocycles. The summed E-state index contributed by atoms with van der Waals surface area (Å²) in [5.74, 6) is -1.20. The number of hydrogen-bond donors (Lipinski definition) is 2. The van der Waals surface area contributed by atoms with Crippen molar-refractivity contribution in [3.63, 3.8) is 0 Å². The second kappa shape index (κ2) is 6.95. The van der Waals surface area contributed by atoms with Crippen LogP contribution in [-0.4, -0.2) is 23.4 Å². The van der Waals surface area contributed by atoms with Crippen molar-refractivity contribution >= 4 is 17.4 Å². The molecule has 2 aromatic rings. The maximum Gasteiger partial charge on any atom is 0.324 e. The average molecular weight is 283 g/mol. The van der Waals surface area contributed by atoms with Gasteiger partial charge in [-0.05, 0) is 12.1 Å². The number of carbonyl (C=O) groups excluding carboxylic acids is 1. The molecule has 0 spiro atoms. The van der Waals surface area contributed by atoms with Crippen LogP contribution in [0.2, 0.25) is 0 Å². The van der Waals surface area contributed by atoms with Crippen molar-refractivity contribution in [1.29, 1.82) is 0 Å². The van der Waals surface area contributed by atoms with Gasteiger partial charge in [-0.3, -0.25) is 15.0 Å². The lowest BCUT2D eigenvalue weighted by Crippen LogP contribution is -2.16. The summed E-state index contributed by atoms with van der Waals surface area (Å²) in [7, 11) is 0. The zero-order chi connectivity index (χ0) is 15.1. The number of rotatable bonds is 6. The Kier molecular flexibility index (Phi) is 4.76. The highest BCUT2D eigenvalue weighted by Gasteiger charge is 2.12. The minimum Gasteiger partial charge on any atom is -0.480 e. The van der Waals surface area contributed by atoms with Gasteiger partial charge in [0.15, 0.2) is 5.78 Å². The lowest BCUT2D eigenvalue weighted by molar-refractivity contribution is -0.135. The summed E-state index contributed by atoms with van der Waals surface area (Å²) in [5.41, 5.74) is 3.63. The van der Waals surface area contributed by atoms with E-state index in [0.29, 0.717) is 16.8 Å². The van der Waals surface area contributed by atoms with Gasteiger partial charge in [0.1, 0.15) is 6.54 Å². The van der Waals surface area contributed by atoms with Crippen LogP contribution < -0.4 is 5.43 Å². The second-order valence-corrected chi connectivity index (χ2v) is 4.14. The van der Waals surface area contributed by atoms with E-state index in [1.807, 2.05) is 6.07 Å². The van der Waals surface area contributed by atoms with Gasteiger partial charge in [0.25, 0.3) is 0 Å². The van der Waals surface area contributed by atoms with Gasteiger partial charge in [-0.25, -0.2) is 0 Å². The quantitative estimate of drug-likeness (QED) is 0.484. The standard InChI is InChI=1S/C15H13N3O3/c19-14(20)10-16-18-17-13-9-5-4-8-12(13)15(21)11-6-2-1-3-7-11/h1-9H,10H2,(H,16,17)(H,19,20). The molecule has 106 valence electrons. The summed E-state index contributed by atoms with van der Waals surface area (Å²) in [6, 6.07) is 15.6. The lowest BCUT2D eigenvalue weighted by atomic mass is 10.0. The predicted molar refractivity (Wildman–Crippen MR) is 76.5 cm³/mol. The number of benzene rings is 2. The normalized spacial score (nSPS) is 10.5. The van der Waals surface area contributed by atoms with Gasteiger partial charge in [0.2, 0.25) is 0 Å². The summed E-state index contributed by atoms with van der Waals surface area (Å²) in [4.78, 5) is 22.7. The Morgan fingerprint density at radius 3 is 2.38 bits per heavy atom. The summed E-state index contributed by atoms with van der Waals surface area (Å²) in [6.07, 6.45) is 0. The Balaban J connectivity index is 2.21. The topological polar surface area (TPSA) is 91.1 Å². The van der Waals surface area contributed by atoms with E-state index in [-0.39, 0.29) is 12.3 Å². The molecule has 0 bridgehead atoms. The zero-order valence-corrected chi connectivity index (χ0v) is 11.1. The van der Waals surface area contributed by atoms with Gasteiger partial charge in [0.05, 0.1) is 11.3 Å². The fraction of sp³-hybridized carbons (Fsp3) is 0.0667. The summed E-state index contributed by atoms with van der Waals surface area (Å²) in [6.45, 7) is -0.335. The number of carboxylic acid groups (broad SMARTS) is 1. The first-order valence-electron chi connectivity index (χ1n) is 6.22. The largest absolute Gasteiger partial charge is 0.480 e. The molecule has 0 aliphatic rings. The fourth-order valence-corrected chi connectivity index (χ4v) is 1.69. The van der Waals surface area contributed by atoms with E-state index in [4.69, 9.17) is 5.11 Å². The first kappa shape index (κ1) is 14.4. The van der Waals surface area contributed by atoms with Crippen molar-refractivity contribution in [3.8, 4) is 0 Å². The van der Waals surface area contributed by atoms with Crippen molar-refractivity contribution in [1.82, 2.24) is 5.43 Å². The van der Waals surface area contributed by atoms with E-state index >= 15 is 0 Å². The van der Waals surface area contributed by atoms with E-state index in [9.17, 15) is 9.59 Å². The van der Waals surface area contributed by atoms with Crippen molar-refractivity contribution in [2.45, 2.75) is 0 Å². The van der Waals surface area contributed by atoms with Crippen LogP contribution in [0, 0.1) is 0 Å². The van der Waals surface area contributed by atoms with Crippen LogP contribution in [0.25, 0.3) is 0 Å². The molecule has 21 heavy (non-hydrogen) atoms. The third kappa shape index (κ3) is 3.97. The molecule has 0 saturated carbocycles. The van der Waals surface area contributed by atoms with Crippen LogP contribution in [0.3, 0.4) is 0 Å². The first-order chi connectivity index (χ1) is 10.2. The van der Waals surface area contributed by atoms with Crippen LogP contribution in [-0.2, 0) is 4.79 Å². The third-order valence-corrected chi connectivity index (χ3v) is 2.64. The van der Waals surface area contributed by atoms with Gasteiger partial charge in [-0.1, -0.05) is 47.7 Å². The van der Waals surface area contributed by atoms with Gasteiger partial charge in [-0.2, -0.15) is 0 Å². The van der Waals surface area contributed by atoms with E-state index in [1.165, 1.54) is 0 Å². The Hall–Kier alpha value is -3.02. The Morgan fingerprint density at radius 1 is 1.00 bits per heavy atom. The van der Waals surface area contributed by atoms with Crippen LogP contribution in [0.1, 0.15) is 15.9 Å². The molecule has 2 N–H and O–H groups in total. The first-order valence-corrected chi connectivity index (χ1v) is 6.22. The highest BCUT2D eigenvalue weighted by atomic mass is 16.4. The number of nitrogens with zero attached hydrogens (tertiary/aromatic N) is 2. The van der Waals surface area contributed by atoms with E-state index in [1.54, 1.807) is 48.5 Å². The predicted octanol–water partition coefficient (Wildman–Crippen LogP) is 2.59. The van der Waals surface area contributed by atoms with E-state index < -0.39 is 5.97 Å². The summed E-state index contributed by atoms with van der Waals surface area (Å²) < 4.78 is 0. The number of carbonyl (C=O) groups is 2. The molecule has 6 heteroatoms. The molecule has 0 aromatic heterocycles. The minimum atomic E-state index is -1.04. The number of ketones is 1. The molecule has 0 fully saturated rings. The van der Waals surface area contributed by atoms with Crippen LogP contribution >= 0.6 is 0 Å². The molecule has 2 aromatic carbocycles. The minimum absolute atomic E-state index is 0.164. The molecule has 0 radical (unpaired) electrons. The van der Waals surface area contributed by atoms with Crippen LogP contribution in [0.4, 0.5) is 5.69 Å². The van der Waals surface area contributed by atoms with Crippen molar-refractivity contribution in [2.75, 3.05) is 6.54 Å². The molecule has 0 unspecified atom stereocenters. The van der Waals surface area contributed by atoms with E-state index in [2.05, 4.69) is 15.8 Å². The highest BCUT2D eigenvalue weighted by Crippen LogP contribution is 2.22. The molecule has 2 rings (SSSR count). The fourth-order valence-electron chi connectivity index (χ4n) is 1.69. The van der Waals surface area contributed by atoms with Gasteiger partial charge >= 0.3 is 5.97 Å². The Bertz CT molecular complexity index is 669. The average Bonchev–Trinajstić information content (AvgIpc) is 2.52. The summed E-state index contributed by atoms with van der Waals surface area (Å²) >= 11 is 0. The maximum absolute atomic E-state index is 12.4. The molecule has 0 amide bonds. The Morgan fingerprint density at radius 2 is 1.67 bits per heavy atom. The number of nitrogens with one attached hydrogen (secondary N) is 1.